The van der Waals surface area contributed by atoms with Gasteiger partial charge in [-0.05, 0) is 61.2 Å². The minimum Gasteiger partial charge on any atom is -0.480 e. The number of likely N-dealkylation sites (N-methyl/N-ethyl adjacent to an activating group) is 1. The summed E-state index contributed by atoms with van der Waals surface area (Å²) in [5, 5.41) is 9.96. The van der Waals surface area contributed by atoms with Crippen molar-refractivity contribution in [3.8, 4) is 0 Å². The number of nitrogens with two attached hydrogens (primary N) is 1. The molecule has 0 aromatic carbocycles. The SMILES string of the molecule is CCN(C1CN(C(=O)OC(C)(C)C)C1)S(=O)(=O)N1C[C@@H](CCCB2OC(C)(C)C(C)(C)O2)[C@@](N)(C(=O)O)C1. The number of ether oxygens (including phenoxy) is 1. The van der Waals surface area contributed by atoms with E-state index in [0.717, 1.165) is 0 Å². The summed E-state index contributed by atoms with van der Waals surface area (Å²) in [4.78, 5) is 26.0. The number of rotatable bonds is 9. The van der Waals surface area contributed by atoms with E-state index in [9.17, 15) is 23.1 Å². The van der Waals surface area contributed by atoms with Gasteiger partial charge in [0.1, 0.15) is 11.1 Å². The van der Waals surface area contributed by atoms with Crippen LogP contribution in [0, 0.1) is 5.92 Å². The Morgan fingerprint density at radius 3 is 2.16 bits per heavy atom. The lowest BCUT2D eigenvalue weighted by atomic mass is 9.78. The van der Waals surface area contributed by atoms with Crippen molar-refractivity contribution in [3.05, 3.63) is 0 Å². The molecule has 0 aromatic rings. The predicted octanol–water partition coefficient (Wildman–Crippen LogP) is 1.76. The topological polar surface area (TPSA) is 152 Å². The van der Waals surface area contributed by atoms with Gasteiger partial charge < -0.3 is 29.8 Å². The van der Waals surface area contributed by atoms with Crippen molar-refractivity contribution in [1.29, 1.82) is 0 Å². The number of carbonyl (C=O) groups is 2. The lowest BCUT2D eigenvalue weighted by molar-refractivity contribution is -0.144. The first-order valence-corrected chi connectivity index (χ1v) is 14.8. The molecule has 12 nitrogen and oxygen atoms in total. The summed E-state index contributed by atoms with van der Waals surface area (Å²) in [5.74, 6) is -1.80. The normalized spacial score (nSPS) is 28.1. The average molecular weight is 561 g/mol. The molecular weight excluding hydrogens is 515 g/mol. The summed E-state index contributed by atoms with van der Waals surface area (Å²) in [6.07, 6.45) is 1.06. The molecule has 3 aliphatic rings. The molecule has 0 radical (unpaired) electrons. The minimum atomic E-state index is -4.01. The van der Waals surface area contributed by atoms with Crippen LogP contribution in [0.25, 0.3) is 0 Å². The maximum Gasteiger partial charge on any atom is 0.457 e. The van der Waals surface area contributed by atoms with Gasteiger partial charge in [0.2, 0.25) is 0 Å². The molecule has 218 valence electrons. The molecule has 38 heavy (non-hydrogen) atoms. The smallest absolute Gasteiger partial charge is 0.457 e. The first kappa shape index (κ1) is 31.1. The Kier molecular flexibility index (Phi) is 8.60. The Morgan fingerprint density at radius 2 is 1.68 bits per heavy atom. The monoisotopic (exact) mass is 560 g/mol. The lowest BCUT2D eigenvalue weighted by Crippen LogP contribution is -2.64. The predicted molar refractivity (Wildman–Crippen MR) is 143 cm³/mol. The van der Waals surface area contributed by atoms with E-state index in [4.69, 9.17) is 19.8 Å². The second kappa shape index (κ2) is 10.5. The fraction of sp³-hybridized carbons (Fsp3) is 0.917. The molecule has 3 aliphatic heterocycles. The van der Waals surface area contributed by atoms with Crippen molar-refractivity contribution in [2.75, 3.05) is 32.7 Å². The molecule has 3 saturated heterocycles. The number of likely N-dealkylation sites (tertiary alicyclic amines) is 1. The van der Waals surface area contributed by atoms with Crippen LogP contribution in [0.2, 0.25) is 6.32 Å². The maximum absolute atomic E-state index is 13.6. The molecule has 3 fully saturated rings. The van der Waals surface area contributed by atoms with Gasteiger partial charge >= 0.3 is 19.2 Å². The van der Waals surface area contributed by atoms with Gasteiger partial charge in [0.25, 0.3) is 10.2 Å². The second-order valence-corrected chi connectivity index (χ2v) is 14.6. The molecule has 14 heteroatoms. The van der Waals surface area contributed by atoms with E-state index < -0.39 is 63.7 Å². The van der Waals surface area contributed by atoms with Crippen LogP contribution in [-0.4, -0.2) is 107 Å². The van der Waals surface area contributed by atoms with Gasteiger partial charge in [-0.3, -0.25) is 4.79 Å². The number of hydrogen-bond acceptors (Lipinski definition) is 8. The van der Waals surface area contributed by atoms with Gasteiger partial charge in [-0.25, -0.2) is 4.79 Å². The number of aliphatic carboxylic acids is 1. The molecular formula is C24H45BN4O8S. The van der Waals surface area contributed by atoms with Crippen molar-refractivity contribution >= 4 is 29.4 Å². The highest BCUT2D eigenvalue weighted by Crippen LogP contribution is 2.39. The van der Waals surface area contributed by atoms with Gasteiger partial charge in [-0.15, -0.1) is 0 Å². The maximum atomic E-state index is 13.6. The molecule has 0 bridgehead atoms. The zero-order chi connectivity index (χ0) is 28.9. The van der Waals surface area contributed by atoms with Crippen molar-refractivity contribution in [2.45, 2.75) is 103 Å². The fourth-order valence-corrected chi connectivity index (χ4v) is 7.02. The third-order valence-electron chi connectivity index (χ3n) is 8.14. The highest BCUT2D eigenvalue weighted by Gasteiger charge is 2.55. The zero-order valence-corrected chi connectivity index (χ0v) is 24.8. The van der Waals surface area contributed by atoms with E-state index in [0.29, 0.717) is 19.2 Å². The number of carbonyl (C=O) groups excluding carboxylic acids is 1. The Balaban J connectivity index is 1.63. The highest BCUT2D eigenvalue weighted by atomic mass is 32.2. The lowest BCUT2D eigenvalue weighted by Gasteiger charge is -2.45. The number of hydrogen-bond donors (Lipinski definition) is 2. The van der Waals surface area contributed by atoms with E-state index >= 15 is 0 Å². The van der Waals surface area contributed by atoms with Gasteiger partial charge in [-0.1, -0.05) is 13.3 Å². The number of nitrogens with zero attached hydrogens (tertiary/aromatic N) is 3. The molecule has 3 N–H and O–H groups in total. The van der Waals surface area contributed by atoms with Crippen LogP contribution in [-0.2, 0) is 29.0 Å². The first-order chi connectivity index (χ1) is 17.2. The Bertz CT molecular complexity index is 995. The standard InChI is InChI=1S/C24H45BN4O8S/c1-9-29(18-14-27(15-18)20(32)35-21(2,3)4)38(33,34)28-13-17(24(26,16-28)19(30)31)11-10-12-25-36-22(5,6)23(7,8)37-25/h17-18H,9-16,26H2,1-8H3,(H,30,31)/t17-,24-/m1/s1. The molecule has 3 rings (SSSR count). The summed E-state index contributed by atoms with van der Waals surface area (Å²) >= 11 is 0. The van der Waals surface area contributed by atoms with E-state index in [2.05, 4.69) is 0 Å². The van der Waals surface area contributed by atoms with Crippen LogP contribution in [0.3, 0.4) is 0 Å². The second-order valence-electron chi connectivity index (χ2n) is 12.7. The quantitative estimate of drug-likeness (QED) is 0.402. The van der Waals surface area contributed by atoms with Crippen LogP contribution in [0.15, 0.2) is 0 Å². The van der Waals surface area contributed by atoms with E-state index in [1.54, 1.807) is 27.7 Å². The van der Waals surface area contributed by atoms with Gasteiger partial charge in [0.05, 0.1) is 17.2 Å². The highest BCUT2D eigenvalue weighted by molar-refractivity contribution is 7.86. The number of carboxylic acid groups (broad SMARTS) is 1. The number of carboxylic acids is 1. The average Bonchev–Trinajstić information content (AvgIpc) is 3.16. The van der Waals surface area contributed by atoms with E-state index in [1.165, 1.54) is 13.5 Å². The Hall–Kier alpha value is -1.45. The molecule has 0 saturated carbocycles. The molecule has 2 atom stereocenters. The van der Waals surface area contributed by atoms with Gasteiger partial charge in [0.15, 0.2) is 0 Å². The van der Waals surface area contributed by atoms with Crippen LogP contribution in [0.5, 0.6) is 0 Å². The van der Waals surface area contributed by atoms with Crippen LogP contribution in [0.4, 0.5) is 4.79 Å². The van der Waals surface area contributed by atoms with E-state index in [1.807, 2.05) is 27.7 Å². The number of amides is 1. The van der Waals surface area contributed by atoms with Crippen molar-refractivity contribution in [3.63, 3.8) is 0 Å². The fourth-order valence-electron chi connectivity index (χ4n) is 5.15. The molecule has 0 unspecified atom stereocenters. The Labute approximate surface area is 227 Å². The largest absolute Gasteiger partial charge is 0.480 e. The summed E-state index contributed by atoms with van der Waals surface area (Å²) in [5.41, 5.74) is 3.07. The molecule has 0 spiro atoms. The van der Waals surface area contributed by atoms with Crippen molar-refractivity contribution < 1.29 is 37.2 Å². The van der Waals surface area contributed by atoms with Crippen LogP contribution < -0.4 is 5.73 Å². The summed E-state index contributed by atoms with van der Waals surface area (Å²) < 4.78 is 47.1. The molecule has 0 aromatic heterocycles. The van der Waals surface area contributed by atoms with Crippen LogP contribution in [0.1, 0.15) is 68.2 Å². The Morgan fingerprint density at radius 1 is 1.13 bits per heavy atom. The third kappa shape index (κ3) is 6.15. The summed E-state index contributed by atoms with van der Waals surface area (Å²) in [6.45, 7) is 15.2. The van der Waals surface area contributed by atoms with E-state index in [-0.39, 0.29) is 32.7 Å². The zero-order valence-electron chi connectivity index (χ0n) is 24.0. The molecule has 3 heterocycles. The van der Waals surface area contributed by atoms with Crippen LogP contribution >= 0.6 is 0 Å². The molecule has 1 amide bonds. The molecule has 0 aliphatic carbocycles. The summed E-state index contributed by atoms with van der Waals surface area (Å²) in [6, 6.07) is -0.419. The van der Waals surface area contributed by atoms with Crippen molar-refractivity contribution in [1.82, 2.24) is 13.5 Å². The van der Waals surface area contributed by atoms with Crippen molar-refractivity contribution in [2.24, 2.45) is 11.7 Å². The summed E-state index contributed by atoms with van der Waals surface area (Å²) in [7, 11) is -4.43. The first-order valence-electron chi connectivity index (χ1n) is 13.4. The van der Waals surface area contributed by atoms with Gasteiger partial charge in [-0.2, -0.15) is 17.0 Å². The van der Waals surface area contributed by atoms with Gasteiger partial charge in [0, 0.05) is 38.6 Å². The minimum absolute atomic E-state index is 0.00744. The third-order valence-corrected chi connectivity index (χ3v) is 10.2.